The zero-order valence-corrected chi connectivity index (χ0v) is 6.10. The van der Waals surface area contributed by atoms with Gasteiger partial charge in [-0.05, 0) is 26.7 Å². The van der Waals surface area contributed by atoms with Gasteiger partial charge in [-0.3, -0.25) is 0 Å². The lowest BCUT2D eigenvalue weighted by molar-refractivity contribution is 0.0261. The van der Waals surface area contributed by atoms with Crippen molar-refractivity contribution in [1.82, 2.24) is 0 Å². The second-order valence-electron chi connectivity index (χ2n) is 2.85. The van der Waals surface area contributed by atoms with Crippen molar-refractivity contribution in [2.45, 2.75) is 44.8 Å². The van der Waals surface area contributed by atoms with E-state index in [-0.39, 0.29) is 6.10 Å². The van der Waals surface area contributed by atoms with Crippen molar-refractivity contribution < 1.29 is 4.74 Å². The minimum Gasteiger partial charge on any atom is -0.375 e. The van der Waals surface area contributed by atoms with Crippen molar-refractivity contribution in [3.63, 3.8) is 0 Å². The van der Waals surface area contributed by atoms with Gasteiger partial charge in [0.15, 0.2) is 0 Å². The van der Waals surface area contributed by atoms with Crippen LogP contribution in [0.25, 0.3) is 0 Å². The second-order valence-corrected chi connectivity index (χ2v) is 2.85. The molecule has 0 aromatic rings. The van der Waals surface area contributed by atoms with Gasteiger partial charge in [0, 0.05) is 0 Å². The quantitative estimate of drug-likeness (QED) is 0.552. The van der Waals surface area contributed by atoms with E-state index in [9.17, 15) is 0 Å². The topological polar surface area (TPSA) is 9.23 Å². The Bertz CT molecular complexity index is 72.6. The molecule has 0 spiro atoms. The summed E-state index contributed by atoms with van der Waals surface area (Å²) in [7, 11) is 0. The molecule has 0 N–H and O–H groups in total. The van der Waals surface area contributed by atoms with Gasteiger partial charge in [-0.1, -0.05) is 12.8 Å². The van der Waals surface area contributed by atoms with Crippen LogP contribution in [0.2, 0.25) is 0 Å². The average molecular weight is 127 g/mol. The monoisotopic (exact) mass is 127 g/mol. The molecular formula is C8H15O. The van der Waals surface area contributed by atoms with Gasteiger partial charge in [-0.25, -0.2) is 0 Å². The van der Waals surface area contributed by atoms with Crippen LogP contribution in [0.5, 0.6) is 0 Å². The van der Waals surface area contributed by atoms with Crippen molar-refractivity contribution in [2.24, 2.45) is 0 Å². The molecule has 1 heteroatoms. The van der Waals surface area contributed by atoms with E-state index in [4.69, 9.17) is 4.74 Å². The van der Waals surface area contributed by atoms with Crippen LogP contribution >= 0.6 is 0 Å². The highest BCUT2D eigenvalue weighted by molar-refractivity contribution is 4.68. The van der Waals surface area contributed by atoms with E-state index < -0.39 is 0 Å². The fraction of sp³-hybridized carbons (Fsp3) is 0.875. The Kier molecular flexibility index (Phi) is 2.52. The molecule has 0 heterocycles. The van der Waals surface area contributed by atoms with Gasteiger partial charge in [0.2, 0.25) is 0 Å². The molecule has 0 aromatic heterocycles. The van der Waals surface area contributed by atoms with E-state index in [0.29, 0.717) is 6.10 Å². The van der Waals surface area contributed by atoms with E-state index in [2.05, 4.69) is 6.92 Å². The van der Waals surface area contributed by atoms with Crippen molar-refractivity contribution in [1.29, 1.82) is 0 Å². The first-order chi connectivity index (χ1) is 4.29. The Morgan fingerprint density at radius 1 is 1.44 bits per heavy atom. The van der Waals surface area contributed by atoms with Gasteiger partial charge in [0.1, 0.15) is 0 Å². The first-order valence-electron chi connectivity index (χ1n) is 3.77. The Morgan fingerprint density at radius 2 is 2.00 bits per heavy atom. The van der Waals surface area contributed by atoms with Gasteiger partial charge in [0.25, 0.3) is 0 Å². The van der Waals surface area contributed by atoms with E-state index in [1.807, 2.05) is 6.92 Å². The lowest BCUT2D eigenvalue weighted by Gasteiger charge is -2.13. The lowest BCUT2D eigenvalue weighted by Crippen LogP contribution is -2.13. The summed E-state index contributed by atoms with van der Waals surface area (Å²) in [6.45, 7) is 5.78. The Morgan fingerprint density at radius 3 is 2.44 bits per heavy atom. The van der Waals surface area contributed by atoms with Crippen molar-refractivity contribution >= 4 is 0 Å². The summed E-state index contributed by atoms with van der Waals surface area (Å²) >= 11 is 0. The highest BCUT2D eigenvalue weighted by atomic mass is 16.5. The number of hydrogen-bond acceptors (Lipinski definition) is 1. The summed E-state index contributed by atoms with van der Waals surface area (Å²) in [6, 6.07) is 0. The molecule has 1 atom stereocenters. The maximum absolute atomic E-state index is 5.50. The first-order valence-corrected chi connectivity index (χ1v) is 3.77. The predicted octanol–water partition coefficient (Wildman–Crippen LogP) is 2.17. The van der Waals surface area contributed by atoms with Gasteiger partial charge >= 0.3 is 0 Å². The summed E-state index contributed by atoms with van der Waals surface area (Å²) in [5.74, 6) is 0. The summed E-state index contributed by atoms with van der Waals surface area (Å²) in [6.07, 6.45) is 5.89. The van der Waals surface area contributed by atoms with Crippen LogP contribution in [0.15, 0.2) is 0 Å². The third-order valence-electron chi connectivity index (χ3n) is 1.73. The van der Waals surface area contributed by atoms with E-state index >= 15 is 0 Å². The van der Waals surface area contributed by atoms with Gasteiger partial charge in [-0.2, -0.15) is 0 Å². The Balaban J connectivity index is 2.11. The summed E-state index contributed by atoms with van der Waals surface area (Å²) in [5, 5.41) is 0. The second kappa shape index (κ2) is 3.21. The largest absolute Gasteiger partial charge is 0.375 e. The minimum atomic E-state index is 0.174. The highest BCUT2D eigenvalue weighted by Gasteiger charge is 2.15. The number of rotatable bonds is 2. The molecule has 1 unspecified atom stereocenters. The molecule has 0 amide bonds. The molecule has 1 nitrogen and oxygen atoms in total. The van der Waals surface area contributed by atoms with Gasteiger partial charge < -0.3 is 4.74 Å². The summed E-state index contributed by atoms with van der Waals surface area (Å²) in [4.78, 5) is 0. The standard InChI is InChI=1S/C8H15O/c1-7(2)9-8-5-3-4-6-8/h7-8H,1,3-6H2,2H3. The number of hydrogen-bond donors (Lipinski definition) is 0. The molecule has 0 aliphatic heterocycles. The maximum atomic E-state index is 5.50. The van der Waals surface area contributed by atoms with Crippen LogP contribution in [-0.4, -0.2) is 12.2 Å². The predicted molar refractivity (Wildman–Crippen MR) is 38.2 cm³/mol. The fourth-order valence-corrected chi connectivity index (χ4v) is 1.35. The van der Waals surface area contributed by atoms with Crippen molar-refractivity contribution in [2.75, 3.05) is 0 Å². The van der Waals surface area contributed by atoms with Crippen LogP contribution in [0.3, 0.4) is 0 Å². The molecular weight excluding hydrogens is 112 g/mol. The summed E-state index contributed by atoms with van der Waals surface area (Å²) in [5.41, 5.74) is 0. The normalized spacial score (nSPS) is 21.7. The van der Waals surface area contributed by atoms with Gasteiger partial charge in [-0.15, -0.1) is 0 Å². The Hall–Kier alpha value is -0.0400. The van der Waals surface area contributed by atoms with Crippen LogP contribution in [0.1, 0.15) is 32.6 Å². The maximum Gasteiger partial charge on any atom is 0.0578 e. The Labute approximate surface area is 57.4 Å². The third kappa shape index (κ3) is 2.35. The lowest BCUT2D eigenvalue weighted by atomic mass is 10.3. The SMILES string of the molecule is [CH2]C(C)OC1CCCC1. The van der Waals surface area contributed by atoms with Crippen molar-refractivity contribution in [3.05, 3.63) is 6.92 Å². The summed E-state index contributed by atoms with van der Waals surface area (Å²) < 4.78 is 5.50. The van der Waals surface area contributed by atoms with Crippen LogP contribution in [-0.2, 0) is 4.74 Å². The zero-order valence-electron chi connectivity index (χ0n) is 6.10. The van der Waals surface area contributed by atoms with Crippen molar-refractivity contribution in [3.8, 4) is 0 Å². The molecule has 0 bridgehead atoms. The van der Waals surface area contributed by atoms with Gasteiger partial charge in [0.05, 0.1) is 12.2 Å². The molecule has 1 saturated carbocycles. The molecule has 1 radical (unpaired) electrons. The molecule has 0 aromatic carbocycles. The molecule has 1 rings (SSSR count). The molecule has 0 saturated heterocycles. The minimum absolute atomic E-state index is 0.174. The van der Waals surface area contributed by atoms with Crippen LogP contribution in [0, 0.1) is 6.92 Å². The average Bonchev–Trinajstić information content (AvgIpc) is 2.15. The molecule has 1 aliphatic carbocycles. The van der Waals surface area contributed by atoms with E-state index in [1.165, 1.54) is 25.7 Å². The highest BCUT2D eigenvalue weighted by Crippen LogP contribution is 2.21. The molecule has 9 heavy (non-hydrogen) atoms. The molecule has 1 fully saturated rings. The van der Waals surface area contributed by atoms with Crippen LogP contribution < -0.4 is 0 Å². The molecule has 53 valence electrons. The molecule has 1 aliphatic rings. The number of ether oxygens (including phenoxy) is 1. The van der Waals surface area contributed by atoms with E-state index in [1.54, 1.807) is 0 Å². The van der Waals surface area contributed by atoms with Crippen LogP contribution in [0.4, 0.5) is 0 Å². The first kappa shape index (κ1) is 7.07. The smallest absolute Gasteiger partial charge is 0.0578 e. The third-order valence-corrected chi connectivity index (χ3v) is 1.73. The fourth-order valence-electron chi connectivity index (χ4n) is 1.35. The van der Waals surface area contributed by atoms with E-state index in [0.717, 1.165) is 0 Å². The zero-order chi connectivity index (χ0) is 6.69.